The van der Waals surface area contributed by atoms with Gasteiger partial charge in [0.1, 0.15) is 19.0 Å². The Morgan fingerprint density at radius 2 is 1.71 bits per heavy atom. The molecular weight excluding hydrogens is 354 g/mol. The van der Waals surface area contributed by atoms with E-state index in [1.165, 1.54) is 0 Å². The minimum atomic E-state index is -0.598. The Morgan fingerprint density at radius 1 is 1.00 bits per heavy atom. The number of ether oxygens (including phenoxy) is 3. The van der Waals surface area contributed by atoms with Crippen LogP contribution < -0.4 is 19.5 Å². The maximum absolute atomic E-state index is 12.7. The van der Waals surface area contributed by atoms with Crippen LogP contribution in [0.25, 0.3) is 0 Å². The van der Waals surface area contributed by atoms with Crippen molar-refractivity contribution in [2.75, 3.05) is 13.2 Å². The number of nitrogens with one attached hydrogen (secondary N) is 1. The molecule has 3 rings (SSSR count). The summed E-state index contributed by atoms with van der Waals surface area (Å²) in [6.45, 7) is 11.1. The molecule has 0 unspecified atom stereocenters. The molecule has 1 heterocycles. The van der Waals surface area contributed by atoms with Crippen molar-refractivity contribution in [3.05, 3.63) is 53.1 Å². The number of benzene rings is 2. The van der Waals surface area contributed by atoms with Crippen LogP contribution >= 0.6 is 0 Å². The van der Waals surface area contributed by atoms with Gasteiger partial charge in [0.05, 0.1) is 6.04 Å². The molecule has 5 heteroatoms. The highest BCUT2D eigenvalue weighted by molar-refractivity contribution is 5.81. The first-order valence-corrected chi connectivity index (χ1v) is 9.82. The Bertz CT molecular complexity index is 846. The van der Waals surface area contributed by atoms with E-state index in [0.717, 1.165) is 33.9 Å². The van der Waals surface area contributed by atoms with Gasteiger partial charge in [0.25, 0.3) is 5.91 Å². The lowest BCUT2D eigenvalue weighted by molar-refractivity contribution is -0.127. The van der Waals surface area contributed by atoms with Crippen LogP contribution in [0.2, 0.25) is 0 Å². The van der Waals surface area contributed by atoms with E-state index in [4.69, 9.17) is 14.2 Å². The summed E-state index contributed by atoms with van der Waals surface area (Å²) in [5.74, 6) is 2.40. The van der Waals surface area contributed by atoms with Crippen LogP contribution in [0.15, 0.2) is 36.4 Å². The van der Waals surface area contributed by atoms with E-state index in [1.54, 1.807) is 6.92 Å². The van der Waals surface area contributed by atoms with Gasteiger partial charge in [-0.25, -0.2) is 0 Å². The molecule has 0 spiro atoms. The lowest BCUT2D eigenvalue weighted by Crippen LogP contribution is -2.38. The number of hydrogen-bond donors (Lipinski definition) is 1. The largest absolute Gasteiger partial charge is 0.486 e. The first-order chi connectivity index (χ1) is 13.3. The summed E-state index contributed by atoms with van der Waals surface area (Å²) in [4.78, 5) is 12.7. The molecule has 5 nitrogen and oxygen atoms in total. The van der Waals surface area contributed by atoms with Crippen LogP contribution in [0.3, 0.4) is 0 Å². The van der Waals surface area contributed by atoms with Crippen LogP contribution in [0.5, 0.6) is 17.2 Å². The van der Waals surface area contributed by atoms with Crippen molar-refractivity contribution >= 4 is 5.91 Å². The molecule has 1 amide bonds. The van der Waals surface area contributed by atoms with Crippen LogP contribution in [-0.2, 0) is 4.79 Å². The summed E-state index contributed by atoms with van der Waals surface area (Å²) in [5.41, 5.74) is 3.17. The summed E-state index contributed by atoms with van der Waals surface area (Å²) in [5, 5.41) is 3.03. The summed E-state index contributed by atoms with van der Waals surface area (Å²) < 4.78 is 17.2. The van der Waals surface area contributed by atoms with E-state index in [0.29, 0.717) is 19.1 Å². The third-order valence-corrected chi connectivity index (χ3v) is 4.89. The van der Waals surface area contributed by atoms with Crippen LogP contribution in [0.1, 0.15) is 56.3 Å². The Hall–Kier alpha value is -2.69. The van der Waals surface area contributed by atoms with Gasteiger partial charge < -0.3 is 19.5 Å². The van der Waals surface area contributed by atoms with Crippen molar-refractivity contribution in [3.8, 4) is 17.2 Å². The molecule has 2 aromatic rings. The fourth-order valence-electron chi connectivity index (χ4n) is 3.21. The van der Waals surface area contributed by atoms with Gasteiger partial charge in [0, 0.05) is 0 Å². The second-order valence-corrected chi connectivity index (χ2v) is 7.59. The maximum atomic E-state index is 12.7. The standard InChI is InChI=1S/C23H29NO4/c1-14(2)19-8-6-15(3)12-21(19)28-17(5)23(25)24-16(4)18-7-9-20-22(13-18)27-11-10-26-20/h6-9,12-14,16-17H,10-11H2,1-5H3,(H,24,25)/t16-,17-/m1/s1. The van der Waals surface area contributed by atoms with Crippen LogP contribution in [0, 0.1) is 6.92 Å². The number of hydrogen-bond acceptors (Lipinski definition) is 4. The zero-order chi connectivity index (χ0) is 20.3. The van der Waals surface area contributed by atoms with Crippen molar-refractivity contribution in [2.24, 2.45) is 0 Å². The molecule has 0 fully saturated rings. The molecular formula is C23H29NO4. The molecule has 1 aliphatic rings. The summed E-state index contributed by atoms with van der Waals surface area (Å²) in [6, 6.07) is 11.7. The lowest BCUT2D eigenvalue weighted by Gasteiger charge is -2.23. The van der Waals surface area contributed by atoms with Crippen molar-refractivity contribution in [1.82, 2.24) is 5.32 Å². The second-order valence-electron chi connectivity index (χ2n) is 7.59. The van der Waals surface area contributed by atoms with E-state index in [2.05, 4.69) is 31.3 Å². The summed E-state index contributed by atoms with van der Waals surface area (Å²) >= 11 is 0. The molecule has 0 aromatic heterocycles. The van der Waals surface area contributed by atoms with Gasteiger partial charge in [-0.3, -0.25) is 4.79 Å². The normalized spacial score (nSPS) is 15.1. The highest BCUT2D eigenvalue weighted by Crippen LogP contribution is 2.33. The van der Waals surface area contributed by atoms with Crippen molar-refractivity contribution < 1.29 is 19.0 Å². The Balaban J connectivity index is 1.67. The first kappa shape index (κ1) is 20.1. The molecule has 2 atom stereocenters. The minimum Gasteiger partial charge on any atom is -0.486 e. The summed E-state index contributed by atoms with van der Waals surface area (Å²) in [6.07, 6.45) is -0.598. The second kappa shape index (κ2) is 8.55. The highest BCUT2D eigenvalue weighted by Gasteiger charge is 2.21. The van der Waals surface area contributed by atoms with E-state index >= 15 is 0 Å². The smallest absolute Gasteiger partial charge is 0.261 e. The maximum Gasteiger partial charge on any atom is 0.261 e. The Kier molecular flexibility index (Phi) is 6.12. The summed E-state index contributed by atoms with van der Waals surface area (Å²) in [7, 11) is 0. The monoisotopic (exact) mass is 383 g/mol. The number of fused-ring (bicyclic) bond motifs is 1. The Labute approximate surface area is 167 Å². The molecule has 0 saturated carbocycles. The predicted molar refractivity (Wildman–Crippen MR) is 109 cm³/mol. The number of carbonyl (C=O) groups excluding carboxylic acids is 1. The van der Waals surface area contributed by atoms with Crippen molar-refractivity contribution in [1.29, 1.82) is 0 Å². The molecule has 28 heavy (non-hydrogen) atoms. The van der Waals surface area contributed by atoms with Gasteiger partial charge in [-0.2, -0.15) is 0 Å². The van der Waals surface area contributed by atoms with E-state index in [1.807, 2.05) is 38.1 Å². The third-order valence-electron chi connectivity index (χ3n) is 4.89. The van der Waals surface area contributed by atoms with Gasteiger partial charge in [0.2, 0.25) is 0 Å². The number of amides is 1. The SMILES string of the molecule is Cc1ccc(C(C)C)c(O[C@H](C)C(=O)N[C@H](C)c2ccc3c(c2)OCCO3)c1. The predicted octanol–water partition coefficient (Wildman–Crippen LogP) is 4.53. The minimum absolute atomic E-state index is 0.154. The van der Waals surface area contributed by atoms with Crippen molar-refractivity contribution in [3.63, 3.8) is 0 Å². The zero-order valence-electron chi connectivity index (χ0n) is 17.2. The number of rotatable bonds is 6. The Morgan fingerprint density at radius 3 is 2.43 bits per heavy atom. The topological polar surface area (TPSA) is 56.8 Å². The van der Waals surface area contributed by atoms with E-state index < -0.39 is 6.10 Å². The van der Waals surface area contributed by atoms with Gasteiger partial charge in [-0.1, -0.05) is 32.0 Å². The molecule has 1 N–H and O–H groups in total. The van der Waals surface area contributed by atoms with Gasteiger partial charge in [0.15, 0.2) is 17.6 Å². The third kappa shape index (κ3) is 4.58. The van der Waals surface area contributed by atoms with Gasteiger partial charge in [-0.05, 0) is 61.6 Å². The van der Waals surface area contributed by atoms with Gasteiger partial charge >= 0.3 is 0 Å². The number of aryl methyl sites for hydroxylation is 1. The lowest BCUT2D eigenvalue weighted by atomic mass is 10.0. The van der Waals surface area contributed by atoms with E-state index in [-0.39, 0.29) is 11.9 Å². The molecule has 0 aliphatic carbocycles. The molecule has 0 saturated heterocycles. The average molecular weight is 383 g/mol. The number of carbonyl (C=O) groups is 1. The molecule has 2 aromatic carbocycles. The fourth-order valence-corrected chi connectivity index (χ4v) is 3.21. The van der Waals surface area contributed by atoms with Crippen LogP contribution in [-0.4, -0.2) is 25.2 Å². The molecule has 1 aliphatic heterocycles. The highest BCUT2D eigenvalue weighted by atomic mass is 16.6. The first-order valence-electron chi connectivity index (χ1n) is 9.82. The molecule has 150 valence electrons. The molecule has 0 bridgehead atoms. The average Bonchev–Trinajstić information content (AvgIpc) is 2.67. The molecule has 0 radical (unpaired) electrons. The zero-order valence-corrected chi connectivity index (χ0v) is 17.2. The quantitative estimate of drug-likeness (QED) is 0.796. The fraction of sp³-hybridized carbons (Fsp3) is 0.435. The van der Waals surface area contributed by atoms with Gasteiger partial charge in [-0.15, -0.1) is 0 Å². The van der Waals surface area contributed by atoms with E-state index in [9.17, 15) is 4.79 Å². The van der Waals surface area contributed by atoms with Crippen LogP contribution in [0.4, 0.5) is 0 Å². The van der Waals surface area contributed by atoms with Crippen molar-refractivity contribution in [2.45, 2.75) is 52.7 Å².